The van der Waals surface area contributed by atoms with Crippen LogP contribution in [0.4, 0.5) is 5.69 Å². The number of ketones is 1. The van der Waals surface area contributed by atoms with Crippen LogP contribution in [0.5, 0.6) is 0 Å². The van der Waals surface area contributed by atoms with E-state index >= 15 is 0 Å². The quantitative estimate of drug-likeness (QED) is 0.450. The molecule has 0 radical (unpaired) electrons. The van der Waals surface area contributed by atoms with Crippen molar-refractivity contribution in [3.05, 3.63) is 29.3 Å². The zero-order valence-corrected chi connectivity index (χ0v) is 17.0. The lowest BCUT2D eigenvalue weighted by Crippen LogP contribution is -2.44. The molecule has 158 valence electrons. The maximum Gasteiger partial charge on any atom is 0.329 e. The number of benzene rings is 1. The predicted octanol–water partition coefficient (Wildman–Crippen LogP) is 2.03. The van der Waals surface area contributed by atoms with E-state index in [1.807, 2.05) is 0 Å². The summed E-state index contributed by atoms with van der Waals surface area (Å²) in [7, 11) is 0. The van der Waals surface area contributed by atoms with E-state index in [0.717, 1.165) is 23.3 Å². The standard InChI is InChI=1S/C22H24N2O6/c1-11-16-9-13(7-8-17(16)23-19(11)26)18(25)10-30-22(29)12(2)24-20(27)14-5-3-4-6-15(14)21(24)28/h7-9,11-12,14-15H,3-6,10H2,1-2H3,(H,23,26)/t11-,12-,14-,15-/m0/s1. The van der Waals surface area contributed by atoms with E-state index in [1.54, 1.807) is 25.1 Å². The summed E-state index contributed by atoms with van der Waals surface area (Å²) in [4.78, 5) is 63.0. The van der Waals surface area contributed by atoms with E-state index in [4.69, 9.17) is 4.74 Å². The number of fused-ring (bicyclic) bond motifs is 2. The van der Waals surface area contributed by atoms with Gasteiger partial charge in [0.05, 0.1) is 17.8 Å². The lowest BCUT2D eigenvalue weighted by Gasteiger charge is -2.21. The van der Waals surface area contributed by atoms with Gasteiger partial charge in [-0.15, -0.1) is 0 Å². The molecule has 3 aliphatic rings. The Hall–Kier alpha value is -3.03. The van der Waals surface area contributed by atoms with Gasteiger partial charge in [-0.2, -0.15) is 0 Å². The molecular formula is C22H24N2O6. The van der Waals surface area contributed by atoms with E-state index in [1.165, 1.54) is 6.92 Å². The van der Waals surface area contributed by atoms with Gasteiger partial charge in [-0.25, -0.2) is 4.79 Å². The largest absolute Gasteiger partial charge is 0.456 e. The maximum atomic E-state index is 12.6. The number of likely N-dealkylation sites (tertiary alicyclic amines) is 1. The number of hydrogen-bond acceptors (Lipinski definition) is 6. The van der Waals surface area contributed by atoms with Gasteiger partial charge in [0.15, 0.2) is 12.4 Å². The molecule has 0 bridgehead atoms. The van der Waals surface area contributed by atoms with Crippen LogP contribution in [0.2, 0.25) is 0 Å². The number of rotatable bonds is 5. The van der Waals surface area contributed by atoms with Crippen LogP contribution in [0.15, 0.2) is 18.2 Å². The van der Waals surface area contributed by atoms with Crippen molar-refractivity contribution < 1.29 is 28.7 Å². The number of amides is 3. The second-order valence-corrected chi connectivity index (χ2v) is 8.26. The molecule has 30 heavy (non-hydrogen) atoms. The van der Waals surface area contributed by atoms with Gasteiger partial charge in [-0.05, 0) is 50.5 Å². The van der Waals surface area contributed by atoms with Crippen molar-refractivity contribution in [2.45, 2.75) is 51.5 Å². The maximum absolute atomic E-state index is 12.6. The first kappa shape index (κ1) is 20.3. The Kier molecular flexibility index (Phi) is 5.17. The number of Topliss-reactive ketones (excluding diaryl/α,β-unsaturated/α-hetero) is 1. The summed E-state index contributed by atoms with van der Waals surface area (Å²) in [6.07, 6.45) is 3.14. The molecule has 3 amide bonds. The SMILES string of the molecule is C[C@@H]1C(=O)Nc2ccc(C(=O)COC(=O)[C@H](C)N3C(=O)[C@H]4CCCC[C@@H]4C3=O)cc21. The molecule has 1 saturated carbocycles. The molecule has 0 aromatic heterocycles. The average molecular weight is 412 g/mol. The summed E-state index contributed by atoms with van der Waals surface area (Å²) in [5, 5.41) is 2.73. The lowest BCUT2D eigenvalue weighted by atomic mass is 9.81. The number of carbonyl (C=O) groups is 5. The first-order valence-corrected chi connectivity index (χ1v) is 10.3. The van der Waals surface area contributed by atoms with Crippen LogP contribution in [0.3, 0.4) is 0 Å². The molecule has 2 heterocycles. The number of nitrogens with zero attached hydrogens (tertiary/aromatic N) is 1. The van der Waals surface area contributed by atoms with Gasteiger partial charge in [0, 0.05) is 11.3 Å². The Bertz CT molecular complexity index is 931. The van der Waals surface area contributed by atoms with E-state index < -0.39 is 24.4 Å². The number of nitrogens with one attached hydrogen (secondary N) is 1. The molecule has 4 atom stereocenters. The smallest absolute Gasteiger partial charge is 0.329 e. The topological polar surface area (TPSA) is 110 Å². The zero-order chi connectivity index (χ0) is 21.6. The lowest BCUT2D eigenvalue weighted by molar-refractivity contribution is -0.157. The molecule has 1 N–H and O–H groups in total. The Balaban J connectivity index is 1.39. The van der Waals surface area contributed by atoms with Crippen molar-refractivity contribution in [3.63, 3.8) is 0 Å². The number of ether oxygens (including phenoxy) is 1. The highest BCUT2D eigenvalue weighted by Gasteiger charge is 2.51. The zero-order valence-electron chi connectivity index (χ0n) is 17.0. The fourth-order valence-electron chi connectivity index (χ4n) is 4.61. The van der Waals surface area contributed by atoms with Crippen LogP contribution < -0.4 is 5.32 Å². The number of imide groups is 1. The summed E-state index contributed by atoms with van der Waals surface area (Å²) in [6.45, 7) is 2.70. The van der Waals surface area contributed by atoms with Crippen molar-refractivity contribution in [1.29, 1.82) is 0 Å². The van der Waals surface area contributed by atoms with E-state index in [2.05, 4.69) is 5.32 Å². The Morgan fingerprint density at radius 3 is 2.40 bits per heavy atom. The van der Waals surface area contributed by atoms with Crippen molar-refractivity contribution in [2.75, 3.05) is 11.9 Å². The summed E-state index contributed by atoms with van der Waals surface area (Å²) < 4.78 is 5.13. The molecule has 8 nitrogen and oxygen atoms in total. The predicted molar refractivity (Wildman–Crippen MR) is 106 cm³/mol. The van der Waals surface area contributed by atoms with Crippen LogP contribution in [0, 0.1) is 11.8 Å². The van der Waals surface area contributed by atoms with Crippen LogP contribution in [-0.2, 0) is 23.9 Å². The number of hydrogen-bond donors (Lipinski definition) is 1. The number of anilines is 1. The summed E-state index contributed by atoms with van der Waals surface area (Å²) >= 11 is 0. The monoisotopic (exact) mass is 412 g/mol. The molecule has 2 aliphatic heterocycles. The first-order chi connectivity index (χ1) is 14.3. The molecule has 1 aromatic rings. The first-order valence-electron chi connectivity index (χ1n) is 10.3. The van der Waals surface area contributed by atoms with Crippen molar-refractivity contribution in [2.24, 2.45) is 11.8 Å². The Morgan fingerprint density at radius 1 is 1.13 bits per heavy atom. The van der Waals surface area contributed by atoms with Gasteiger partial charge in [0.1, 0.15) is 6.04 Å². The van der Waals surface area contributed by atoms with Gasteiger partial charge in [0.2, 0.25) is 17.7 Å². The minimum absolute atomic E-state index is 0.129. The molecule has 1 saturated heterocycles. The summed E-state index contributed by atoms with van der Waals surface area (Å²) in [5.41, 5.74) is 1.72. The van der Waals surface area contributed by atoms with E-state index in [-0.39, 0.29) is 35.5 Å². The number of carbonyl (C=O) groups excluding carboxylic acids is 5. The normalized spacial score (nSPS) is 26.1. The molecule has 0 spiro atoms. The molecule has 2 fully saturated rings. The van der Waals surface area contributed by atoms with Gasteiger partial charge in [0.25, 0.3) is 0 Å². The third-order valence-electron chi connectivity index (χ3n) is 6.44. The fraction of sp³-hybridized carbons (Fsp3) is 0.500. The van der Waals surface area contributed by atoms with Gasteiger partial charge in [-0.3, -0.25) is 24.1 Å². The third-order valence-corrected chi connectivity index (χ3v) is 6.44. The Labute approximate surface area is 173 Å². The summed E-state index contributed by atoms with van der Waals surface area (Å²) in [5.74, 6) is -3.00. The fourth-order valence-corrected chi connectivity index (χ4v) is 4.61. The van der Waals surface area contributed by atoms with E-state index in [0.29, 0.717) is 24.1 Å². The van der Waals surface area contributed by atoms with Crippen LogP contribution in [-0.4, -0.2) is 47.0 Å². The molecule has 1 aromatic carbocycles. The van der Waals surface area contributed by atoms with Crippen molar-refractivity contribution in [1.82, 2.24) is 4.90 Å². The molecular weight excluding hydrogens is 388 g/mol. The number of esters is 1. The third kappa shape index (κ3) is 3.30. The van der Waals surface area contributed by atoms with Crippen LogP contribution in [0.1, 0.15) is 61.4 Å². The van der Waals surface area contributed by atoms with E-state index in [9.17, 15) is 24.0 Å². The minimum Gasteiger partial charge on any atom is -0.456 e. The minimum atomic E-state index is -1.06. The molecule has 4 rings (SSSR count). The van der Waals surface area contributed by atoms with Crippen LogP contribution >= 0.6 is 0 Å². The average Bonchev–Trinajstić information content (AvgIpc) is 3.18. The molecule has 8 heteroatoms. The summed E-state index contributed by atoms with van der Waals surface area (Å²) in [6, 6.07) is 3.77. The molecule has 0 unspecified atom stereocenters. The van der Waals surface area contributed by atoms with Gasteiger partial charge in [-0.1, -0.05) is 12.8 Å². The highest BCUT2D eigenvalue weighted by Crippen LogP contribution is 2.39. The van der Waals surface area contributed by atoms with Gasteiger partial charge >= 0.3 is 5.97 Å². The molecule has 1 aliphatic carbocycles. The highest BCUT2D eigenvalue weighted by atomic mass is 16.5. The Morgan fingerprint density at radius 2 is 1.77 bits per heavy atom. The van der Waals surface area contributed by atoms with Gasteiger partial charge < -0.3 is 10.1 Å². The van der Waals surface area contributed by atoms with Crippen molar-refractivity contribution in [3.8, 4) is 0 Å². The second-order valence-electron chi connectivity index (χ2n) is 8.26. The van der Waals surface area contributed by atoms with Crippen LogP contribution in [0.25, 0.3) is 0 Å². The van der Waals surface area contributed by atoms with Crippen molar-refractivity contribution >= 4 is 35.2 Å². The second kappa shape index (κ2) is 7.66. The highest BCUT2D eigenvalue weighted by molar-refractivity contribution is 6.08.